The second-order valence-corrected chi connectivity index (χ2v) is 3.50. The number of aryl methyl sites for hydroxylation is 2. The van der Waals surface area contributed by atoms with Gasteiger partial charge < -0.3 is 9.84 Å². The van der Waals surface area contributed by atoms with E-state index in [4.69, 9.17) is 9.84 Å². The van der Waals surface area contributed by atoms with Gasteiger partial charge in [-0.3, -0.25) is 4.79 Å². The molecule has 0 saturated carbocycles. The predicted molar refractivity (Wildman–Crippen MR) is 58.2 cm³/mol. The molecule has 0 aromatic carbocycles. The van der Waals surface area contributed by atoms with Crippen LogP contribution in [0.4, 0.5) is 0 Å². The monoisotopic (exact) mass is 224 g/mol. The Labute approximate surface area is 94.5 Å². The van der Waals surface area contributed by atoms with Gasteiger partial charge in [-0.2, -0.15) is 0 Å². The summed E-state index contributed by atoms with van der Waals surface area (Å²) in [6, 6.07) is 0. The van der Waals surface area contributed by atoms with Gasteiger partial charge in [0, 0.05) is 23.6 Å². The maximum absolute atomic E-state index is 10.6. The maximum atomic E-state index is 10.6. The fraction of sp³-hybridized carbons (Fsp3) is 0.545. The molecule has 0 amide bonds. The minimum atomic E-state index is -0.868. The average Bonchev–Trinajstić information content (AvgIpc) is 2.20. The number of aliphatic carboxylic acids is 1. The third kappa shape index (κ3) is 3.27. The summed E-state index contributed by atoms with van der Waals surface area (Å²) in [5.74, 6) is -0.265. The van der Waals surface area contributed by atoms with E-state index in [0.29, 0.717) is 36.0 Å². The molecule has 0 bridgehead atoms. The number of rotatable bonds is 5. The van der Waals surface area contributed by atoms with E-state index in [9.17, 15) is 4.79 Å². The lowest BCUT2D eigenvalue weighted by Gasteiger charge is -2.08. The highest BCUT2D eigenvalue weighted by Crippen LogP contribution is 2.11. The molecule has 0 spiro atoms. The van der Waals surface area contributed by atoms with Crippen molar-refractivity contribution in [3.05, 3.63) is 22.8 Å². The number of nitrogens with zero attached hydrogens (tertiary/aromatic N) is 2. The van der Waals surface area contributed by atoms with E-state index in [2.05, 4.69) is 9.97 Å². The van der Waals surface area contributed by atoms with Crippen molar-refractivity contribution >= 4 is 5.97 Å². The molecule has 0 aliphatic carbocycles. The summed E-state index contributed by atoms with van der Waals surface area (Å²) in [5, 5.41) is 8.75. The molecule has 0 aliphatic heterocycles. The van der Waals surface area contributed by atoms with E-state index in [1.807, 2.05) is 6.92 Å². The molecular formula is C11H16N2O3. The van der Waals surface area contributed by atoms with E-state index in [1.165, 1.54) is 0 Å². The zero-order valence-electron chi connectivity index (χ0n) is 9.78. The van der Waals surface area contributed by atoms with E-state index >= 15 is 0 Å². The van der Waals surface area contributed by atoms with Crippen LogP contribution in [0.2, 0.25) is 0 Å². The van der Waals surface area contributed by atoms with Gasteiger partial charge in [-0.25, -0.2) is 9.97 Å². The molecule has 1 aromatic heterocycles. The first-order chi connectivity index (χ1) is 7.54. The number of aromatic nitrogens is 2. The van der Waals surface area contributed by atoms with Crippen LogP contribution >= 0.6 is 0 Å². The Balaban J connectivity index is 2.93. The van der Waals surface area contributed by atoms with Crippen LogP contribution in [0, 0.1) is 13.8 Å². The lowest BCUT2D eigenvalue weighted by Crippen LogP contribution is -2.10. The van der Waals surface area contributed by atoms with Gasteiger partial charge in [0.05, 0.1) is 6.42 Å². The van der Waals surface area contributed by atoms with Crippen LogP contribution in [0.3, 0.4) is 0 Å². The number of carboxylic acids is 1. The van der Waals surface area contributed by atoms with Crippen LogP contribution in [0.25, 0.3) is 0 Å². The molecular weight excluding hydrogens is 208 g/mol. The second-order valence-electron chi connectivity index (χ2n) is 3.50. The predicted octanol–water partition coefficient (Wildman–Crippen LogP) is 1.26. The fourth-order valence-electron chi connectivity index (χ4n) is 1.47. The van der Waals surface area contributed by atoms with E-state index in [1.54, 1.807) is 13.8 Å². The SMILES string of the molecule is CCOCc1nc(C)c(CC(=O)O)c(C)n1. The fourth-order valence-corrected chi connectivity index (χ4v) is 1.47. The van der Waals surface area contributed by atoms with Crippen molar-refractivity contribution < 1.29 is 14.6 Å². The number of carbonyl (C=O) groups is 1. The van der Waals surface area contributed by atoms with E-state index in [-0.39, 0.29) is 6.42 Å². The molecule has 1 N–H and O–H groups in total. The highest BCUT2D eigenvalue weighted by Gasteiger charge is 2.11. The lowest BCUT2D eigenvalue weighted by molar-refractivity contribution is -0.136. The largest absolute Gasteiger partial charge is 0.481 e. The molecule has 0 radical (unpaired) electrons. The third-order valence-corrected chi connectivity index (χ3v) is 2.23. The Bertz CT molecular complexity index is 368. The summed E-state index contributed by atoms with van der Waals surface area (Å²) < 4.78 is 5.21. The van der Waals surface area contributed by atoms with Crippen molar-refractivity contribution in [2.75, 3.05) is 6.61 Å². The van der Waals surface area contributed by atoms with Crippen LogP contribution in [0.5, 0.6) is 0 Å². The highest BCUT2D eigenvalue weighted by atomic mass is 16.5. The molecule has 1 rings (SSSR count). The zero-order valence-corrected chi connectivity index (χ0v) is 9.78. The average molecular weight is 224 g/mol. The molecule has 1 heterocycles. The number of carboxylic acid groups (broad SMARTS) is 1. The van der Waals surface area contributed by atoms with Gasteiger partial charge in [0.1, 0.15) is 6.61 Å². The van der Waals surface area contributed by atoms with Crippen molar-refractivity contribution in [3.63, 3.8) is 0 Å². The van der Waals surface area contributed by atoms with Gasteiger partial charge in [-0.05, 0) is 20.8 Å². The third-order valence-electron chi connectivity index (χ3n) is 2.23. The smallest absolute Gasteiger partial charge is 0.307 e. The van der Waals surface area contributed by atoms with Crippen LogP contribution in [0.1, 0.15) is 29.7 Å². The van der Waals surface area contributed by atoms with Gasteiger partial charge in [-0.15, -0.1) is 0 Å². The molecule has 5 heteroatoms. The summed E-state index contributed by atoms with van der Waals surface area (Å²) in [5.41, 5.74) is 2.11. The Morgan fingerprint density at radius 3 is 2.31 bits per heavy atom. The molecule has 0 unspecified atom stereocenters. The molecule has 0 fully saturated rings. The summed E-state index contributed by atoms with van der Waals surface area (Å²) in [6.07, 6.45) is -0.0351. The molecule has 0 saturated heterocycles. The van der Waals surface area contributed by atoms with Gasteiger partial charge >= 0.3 is 5.97 Å². The number of hydrogen-bond donors (Lipinski definition) is 1. The normalized spacial score (nSPS) is 10.4. The quantitative estimate of drug-likeness (QED) is 0.815. The van der Waals surface area contributed by atoms with Gasteiger partial charge in [0.2, 0.25) is 0 Å². The minimum absolute atomic E-state index is 0.0351. The molecule has 5 nitrogen and oxygen atoms in total. The topological polar surface area (TPSA) is 72.3 Å². The van der Waals surface area contributed by atoms with E-state index < -0.39 is 5.97 Å². The second kappa shape index (κ2) is 5.55. The Kier molecular flexibility index (Phi) is 4.37. The summed E-state index contributed by atoms with van der Waals surface area (Å²) in [4.78, 5) is 19.1. The maximum Gasteiger partial charge on any atom is 0.307 e. The molecule has 16 heavy (non-hydrogen) atoms. The van der Waals surface area contributed by atoms with Crippen molar-refractivity contribution in [2.45, 2.75) is 33.8 Å². The van der Waals surface area contributed by atoms with Crippen LogP contribution in [-0.4, -0.2) is 27.7 Å². The first kappa shape index (κ1) is 12.6. The van der Waals surface area contributed by atoms with E-state index in [0.717, 1.165) is 0 Å². The van der Waals surface area contributed by atoms with Crippen molar-refractivity contribution in [1.82, 2.24) is 9.97 Å². The molecule has 88 valence electrons. The molecule has 1 aromatic rings. The minimum Gasteiger partial charge on any atom is -0.481 e. The van der Waals surface area contributed by atoms with Crippen LogP contribution in [0.15, 0.2) is 0 Å². The Morgan fingerprint density at radius 1 is 1.31 bits per heavy atom. The number of ether oxygens (including phenoxy) is 1. The lowest BCUT2D eigenvalue weighted by atomic mass is 10.1. The standard InChI is InChI=1S/C11H16N2O3/c1-4-16-6-10-12-7(2)9(5-11(14)15)8(3)13-10/h4-6H2,1-3H3,(H,14,15). The Morgan fingerprint density at radius 2 is 1.88 bits per heavy atom. The first-order valence-electron chi connectivity index (χ1n) is 5.17. The van der Waals surface area contributed by atoms with Crippen molar-refractivity contribution in [1.29, 1.82) is 0 Å². The van der Waals surface area contributed by atoms with Crippen molar-refractivity contribution in [3.8, 4) is 0 Å². The van der Waals surface area contributed by atoms with Gasteiger partial charge in [0.15, 0.2) is 5.82 Å². The number of hydrogen-bond acceptors (Lipinski definition) is 4. The first-order valence-corrected chi connectivity index (χ1v) is 5.17. The van der Waals surface area contributed by atoms with Crippen LogP contribution < -0.4 is 0 Å². The van der Waals surface area contributed by atoms with Crippen LogP contribution in [-0.2, 0) is 22.6 Å². The van der Waals surface area contributed by atoms with Gasteiger partial charge in [0.25, 0.3) is 0 Å². The zero-order chi connectivity index (χ0) is 12.1. The van der Waals surface area contributed by atoms with Crippen molar-refractivity contribution in [2.24, 2.45) is 0 Å². The molecule has 0 atom stereocenters. The summed E-state index contributed by atoms with van der Waals surface area (Å²) in [7, 11) is 0. The molecule has 0 aliphatic rings. The summed E-state index contributed by atoms with van der Waals surface area (Å²) >= 11 is 0. The summed E-state index contributed by atoms with van der Waals surface area (Å²) in [6.45, 7) is 6.47. The Hall–Kier alpha value is -1.49. The van der Waals surface area contributed by atoms with Gasteiger partial charge in [-0.1, -0.05) is 0 Å². The highest BCUT2D eigenvalue weighted by molar-refractivity contribution is 5.70.